The quantitative estimate of drug-likeness (QED) is 0.802. The SMILES string of the molecule is CN(C)c1ccncc1NCC1CCCN1. The summed E-state index contributed by atoms with van der Waals surface area (Å²) in [6.07, 6.45) is 6.28. The molecule has 1 unspecified atom stereocenters. The Hall–Kier alpha value is -1.29. The lowest BCUT2D eigenvalue weighted by atomic mass is 10.2. The zero-order valence-electron chi connectivity index (χ0n) is 10.0. The summed E-state index contributed by atoms with van der Waals surface area (Å²) in [5, 5.41) is 6.95. The molecular formula is C12H20N4. The molecule has 0 aromatic carbocycles. The first-order valence-electron chi connectivity index (χ1n) is 5.86. The second kappa shape index (κ2) is 5.16. The average molecular weight is 220 g/mol. The van der Waals surface area contributed by atoms with Gasteiger partial charge in [0, 0.05) is 32.9 Å². The molecule has 4 heteroatoms. The first kappa shape index (κ1) is 11.2. The number of rotatable bonds is 4. The van der Waals surface area contributed by atoms with Gasteiger partial charge in [0.05, 0.1) is 17.6 Å². The van der Waals surface area contributed by atoms with Crippen molar-refractivity contribution in [3.05, 3.63) is 18.5 Å². The summed E-state index contributed by atoms with van der Waals surface area (Å²) in [6, 6.07) is 2.64. The van der Waals surface area contributed by atoms with Gasteiger partial charge in [-0.25, -0.2) is 0 Å². The van der Waals surface area contributed by atoms with Crippen LogP contribution < -0.4 is 15.5 Å². The number of pyridine rings is 1. The van der Waals surface area contributed by atoms with Gasteiger partial charge < -0.3 is 15.5 Å². The molecule has 0 spiro atoms. The van der Waals surface area contributed by atoms with Crippen LogP contribution in [0.4, 0.5) is 11.4 Å². The minimum atomic E-state index is 0.607. The standard InChI is InChI=1S/C12H20N4/c1-16(2)12-5-7-13-9-11(12)15-8-10-4-3-6-14-10/h5,7,9-10,14-15H,3-4,6,8H2,1-2H3. The number of nitrogens with zero attached hydrogens (tertiary/aromatic N) is 2. The van der Waals surface area contributed by atoms with Gasteiger partial charge >= 0.3 is 0 Å². The predicted octanol–water partition coefficient (Wildman–Crippen LogP) is 1.31. The summed E-state index contributed by atoms with van der Waals surface area (Å²) in [5.41, 5.74) is 2.30. The minimum Gasteiger partial charge on any atom is -0.381 e. The van der Waals surface area contributed by atoms with Gasteiger partial charge in [-0.3, -0.25) is 4.98 Å². The highest BCUT2D eigenvalue weighted by atomic mass is 15.1. The van der Waals surface area contributed by atoms with E-state index < -0.39 is 0 Å². The normalized spacial score (nSPS) is 19.8. The van der Waals surface area contributed by atoms with Crippen molar-refractivity contribution in [2.24, 2.45) is 0 Å². The Morgan fingerprint density at radius 3 is 3.12 bits per heavy atom. The summed E-state index contributed by atoms with van der Waals surface area (Å²) in [5.74, 6) is 0. The summed E-state index contributed by atoms with van der Waals surface area (Å²) in [4.78, 5) is 6.27. The lowest BCUT2D eigenvalue weighted by Gasteiger charge is -2.19. The van der Waals surface area contributed by atoms with Gasteiger partial charge in [0.2, 0.25) is 0 Å². The van der Waals surface area contributed by atoms with E-state index in [1.165, 1.54) is 18.5 Å². The molecule has 0 saturated carbocycles. The van der Waals surface area contributed by atoms with Crippen LogP contribution in [0.5, 0.6) is 0 Å². The largest absolute Gasteiger partial charge is 0.381 e. The van der Waals surface area contributed by atoms with Crippen LogP contribution >= 0.6 is 0 Å². The van der Waals surface area contributed by atoms with E-state index in [0.29, 0.717) is 6.04 Å². The molecule has 2 rings (SSSR count). The molecule has 88 valence electrons. The molecule has 1 aliphatic rings. The number of hydrogen-bond acceptors (Lipinski definition) is 4. The van der Waals surface area contributed by atoms with Crippen LogP contribution in [0.15, 0.2) is 18.5 Å². The first-order chi connectivity index (χ1) is 7.77. The Kier molecular flexibility index (Phi) is 3.62. The molecule has 1 atom stereocenters. The minimum absolute atomic E-state index is 0.607. The van der Waals surface area contributed by atoms with Crippen molar-refractivity contribution < 1.29 is 0 Å². The highest BCUT2D eigenvalue weighted by molar-refractivity contribution is 5.68. The Balaban J connectivity index is 1.97. The molecule has 0 amide bonds. The van der Waals surface area contributed by atoms with Crippen LogP contribution in [-0.4, -0.2) is 38.2 Å². The molecule has 2 N–H and O–H groups in total. The molecule has 0 radical (unpaired) electrons. The summed E-state index contributed by atoms with van der Waals surface area (Å²) in [6.45, 7) is 2.13. The van der Waals surface area contributed by atoms with Crippen LogP contribution in [0.2, 0.25) is 0 Å². The topological polar surface area (TPSA) is 40.2 Å². The van der Waals surface area contributed by atoms with Gasteiger partial charge in [0.15, 0.2) is 0 Å². The van der Waals surface area contributed by atoms with E-state index in [-0.39, 0.29) is 0 Å². The van der Waals surface area contributed by atoms with Crippen LogP contribution in [0.1, 0.15) is 12.8 Å². The van der Waals surface area contributed by atoms with Crippen LogP contribution in [-0.2, 0) is 0 Å². The number of nitrogens with one attached hydrogen (secondary N) is 2. The van der Waals surface area contributed by atoms with Crippen molar-refractivity contribution in [2.45, 2.75) is 18.9 Å². The number of hydrogen-bond donors (Lipinski definition) is 2. The number of anilines is 2. The molecule has 0 aliphatic carbocycles. The molecular weight excluding hydrogens is 200 g/mol. The van der Waals surface area contributed by atoms with Crippen LogP contribution in [0.3, 0.4) is 0 Å². The lowest BCUT2D eigenvalue weighted by Crippen LogP contribution is -2.29. The van der Waals surface area contributed by atoms with Crippen molar-refractivity contribution in [3.8, 4) is 0 Å². The van der Waals surface area contributed by atoms with Gasteiger partial charge in [-0.1, -0.05) is 0 Å². The van der Waals surface area contributed by atoms with Crippen molar-refractivity contribution in [1.82, 2.24) is 10.3 Å². The average Bonchev–Trinajstić information content (AvgIpc) is 2.79. The Bertz CT molecular complexity index is 332. The fourth-order valence-corrected chi connectivity index (χ4v) is 2.08. The van der Waals surface area contributed by atoms with Crippen LogP contribution in [0, 0.1) is 0 Å². The third-order valence-corrected chi connectivity index (χ3v) is 2.98. The summed E-state index contributed by atoms with van der Waals surface area (Å²) < 4.78 is 0. The Morgan fingerprint density at radius 1 is 1.56 bits per heavy atom. The van der Waals surface area contributed by atoms with Gasteiger partial charge in [0.25, 0.3) is 0 Å². The molecule has 2 heterocycles. The molecule has 4 nitrogen and oxygen atoms in total. The molecule has 16 heavy (non-hydrogen) atoms. The maximum atomic E-state index is 4.16. The van der Waals surface area contributed by atoms with Crippen molar-refractivity contribution in [1.29, 1.82) is 0 Å². The summed E-state index contributed by atoms with van der Waals surface area (Å²) in [7, 11) is 4.10. The molecule has 1 aliphatic heterocycles. The van der Waals surface area contributed by atoms with E-state index in [1.807, 2.05) is 32.6 Å². The van der Waals surface area contributed by atoms with E-state index in [2.05, 4.69) is 20.5 Å². The lowest BCUT2D eigenvalue weighted by molar-refractivity contribution is 0.633. The third kappa shape index (κ3) is 2.64. The number of aromatic nitrogens is 1. The monoisotopic (exact) mass is 220 g/mol. The molecule has 1 fully saturated rings. The van der Waals surface area contributed by atoms with Crippen molar-refractivity contribution in [2.75, 3.05) is 37.4 Å². The molecule has 1 aromatic heterocycles. The van der Waals surface area contributed by atoms with Gasteiger partial charge in [-0.15, -0.1) is 0 Å². The first-order valence-corrected chi connectivity index (χ1v) is 5.86. The maximum absolute atomic E-state index is 4.16. The van der Waals surface area contributed by atoms with E-state index in [9.17, 15) is 0 Å². The fourth-order valence-electron chi connectivity index (χ4n) is 2.08. The Morgan fingerprint density at radius 2 is 2.44 bits per heavy atom. The highest BCUT2D eigenvalue weighted by Crippen LogP contribution is 2.22. The molecule has 0 bridgehead atoms. The zero-order chi connectivity index (χ0) is 11.4. The van der Waals surface area contributed by atoms with E-state index >= 15 is 0 Å². The Labute approximate surface area is 97.1 Å². The predicted molar refractivity (Wildman–Crippen MR) is 68.1 cm³/mol. The third-order valence-electron chi connectivity index (χ3n) is 2.98. The maximum Gasteiger partial charge on any atom is 0.0764 e. The zero-order valence-corrected chi connectivity index (χ0v) is 10.0. The van der Waals surface area contributed by atoms with Gasteiger partial charge in [-0.05, 0) is 25.5 Å². The van der Waals surface area contributed by atoms with E-state index in [4.69, 9.17) is 0 Å². The highest BCUT2D eigenvalue weighted by Gasteiger charge is 2.14. The van der Waals surface area contributed by atoms with E-state index in [0.717, 1.165) is 18.8 Å². The second-order valence-electron chi connectivity index (χ2n) is 4.46. The molecule has 1 saturated heterocycles. The molecule has 1 aromatic rings. The second-order valence-corrected chi connectivity index (χ2v) is 4.46. The fraction of sp³-hybridized carbons (Fsp3) is 0.583. The van der Waals surface area contributed by atoms with E-state index in [1.54, 1.807) is 0 Å². The van der Waals surface area contributed by atoms with Gasteiger partial charge in [0.1, 0.15) is 0 Å². The van der Waals surface area contributed by atoms with Crippen molar-refractivity contribution >= 4 is 11.4 Å². The van der Waals surface area contributed by atoms with Crippen LogP contribution in [0.25, 0.3) is 0 Å². The smallest absolute Gasteiger partial charge is 0.0764 e. The van der Waals surface area contributed by atoms with Gasteiger partial charge in [-0.2, -0.15) is 0 Å². The van der Waals surface area contributed by atoms with Crippen molar-refractivity contribution in [3.63, 3.8) is 0 Å². The summed E-state index contributed by atoms with van der Waals surface area (Å²) >= 11 is 0.